The van der Waals surface area contributed by atoms with E-state index in [1.165, 1.54) is 5.56 Å². The SMILES string of the molecule is CCc1ccc(CCCC(=O)c2ccccc2)nc1. The molecule has 0 aliphatic heterocycles. The highest BCUT2D eigenvalue weighted by atomic mass is 16.1. The van der Waals surface area contributed by atoms with Gasteiger partial charge in [0.25, 0.3) is 0 Å². The molecule has 0 bridgehead atoms. The number of rotatable bonds is 6. The van der Waals surface area contributed by atoms with Gasteiger partial charge in [0, 0.05) is 23.9 Å². The zero-order chi connectivity index (χ0) is 13.5. The van der Waals surface area contributed by atoms with Crippen LogP contribution in [0.4, 0.5) is 0 Å². The van der Waals surface area contributed by atoms with Crippen LogP contribution in [0.25, 0.3) is 0 Å². The van der Waals surface area contributed by atoms with E-state index < -0.39 is 0 Å². The Hall–Kier alpha value is -1.96. The van der Waals surface area contributed by atoms with E-state index in [0.717, 1.165) is 30.5 Å². The zero-order valence-electron chi connectivity index (χ0n) is 11.3. The van der Waals surface area contributed by atoms with Gasteiger partial charge in [0.1, 0.15) is 0 Å². The lowest BCUT2D eigenvalue weighted by Crippen LogP contribution is -2.00. The summed E-state index contributed by atoms with van der Waals surface area (Å²) in [4.78, 5) is 16.3. The normalized spacial score (nSPS) is 10.4. The Morgan fingerprint density at radius 2 is 1.89 bits per heavy atom. The molecule has 0 amide bonds. The Kier molecular flexibility index (Phi) is 4.85. The first-order valence-corrected chi connectivity index (χ1v) is 6.81. The number of benzene rings is 1. The molecular formula is C17H19NO. The quantitative estimate of drug-likeness (QED) is 0.732. The summed E-state index contributed by atoms with van der Waals surface area (Å²) in [5.74, 6) is 0.214. The number of carbonyl (C=O) groups is 1. The average molecular weight is 253 g/mol. The maximum Gasteiger partial charge on any atom is 0.162 e. The first-order valence-electron chi connectivity index (χ1n) is 6.81. The fourth-order valence-corrected chi connectivity index (χ4v) is 2.01. The molecule has 0 saturated carbocycles. The molecule has 0 aliphatic carbocycles. The van der Waals surface area contributed by atoms with Crippen LogP contribution < -0.4 is 0 Å². The highest BCUT2D eigenvalue weighted by molar-refractivity contribution is 5.95. The molecule has 0 unspecified atom stereocenters. The second kappa shape index (κ2) is 6.83. The van der Waals surface area contributed by atoms with Gasteiger partial charge in [-0.15, -0.1) is 0 Å². The monoisotopic (exact) mass is 253 g/mol. The number of hydrogen-bond donors (Lipinski definition) is 0. The Morgan fingerprint density at radius 1 is 1.11 bits per heavy atom. The van der Waals surface area contributed by atoms with E-state index in [0.29, 0.717) is 6.42 Å². The molecule has 0 spiro atoms. The fourth-order valence-electron chi connectivity index (χ4n) is 2.01. The predicted octanol–water partition coefficient (Wildman–Crippen LogP) is 3.85. The molecule has 0 aliphatic rings. The summed E-state index contributed by atoms with van der Waals surface area (Å²) in [6, 6.07) is 13.6. The van der Waals surface area contributed by atoms with Crippen LogP contribution >= 0.6 is 0 Å². The van der Waals surface area contributed by atoms with Crippen molar-refractivity contribution in [3.8, 4) is 0 Å². The number of pyridine rings is 1. The molecule has 0 radical (unpaired) electrons. The van der Waals surface area contributed by atoms with Gasteiger partial charge < -0.3 is 0 Å². The van der Waals surface area contributed by atoms with Crippen LogP contribution in [0.5, 0.6) is 0 Å². The third kappa shape index (κ3) is 4.02. The topological polar surface area (TPSA) is 30.0 Å². The summed E-state index contributed by atoms with van der Waals surface area (Å²) in [5.41, 5.74) is 3.12. The lowest BCUT2D eigenvalue weighted by Gasteiger charge is -2.02. The number of hydrogen-bond acceptors (Lipinski definition) is 2. The number of aryl methyl sites for hydroxylation is 2. The molecule has 98 valence electrons. The van der Waals surface area contributed by atoms with E-state index in [9.17, 15) is 4.79 Å². The summed E-state index contributed by atoms with van der Waals surface area (Å²) in [7, 11) is 0. The predicted molar refractivity (Wildman–Crippen MR) is 77.3 cm³/mol. The first-order chi connectivity index (χ1) is 9.29. The van der Waals surface area contributed by atoms with Crippen molar-refractivity contribution in [2.24, 2.45) is 0 Å². The van der Waals surface area contributed by atoms with E-state index in [4.69, 9.17) is 0 Å². The van der Waals surface area contributed by atoms with Crippen molar-refractivity contribution >= 4 is 5.78 Å². The molecule has 2 heteroatoms. The van der Waals surface area contributed by atoms with E-state index >= 15 is 0 Å². The molecule has 0 saturated heterocycles. The van der Waals surface area contributed by atoms with Crippen LogP contribution in [-0.4, -0.2) is 10.8 Å². The fraction of sp³-hybridized carbons (Fsp3) is 0.294. The second-order valence-corrected chi connectivity index (χ2v) is 4.65. The summed E-state index contributed by atoms with van der Waals surface area (Å²) >= 11 is 0. The van der Waals surface area contributed by atoms with Gasteiger partial charge in [0.2, 0.25) is 0 Å². The molecule has 2 rings (SSSR count). The van der Waals surface area contributed by atoms with Crippen molar-refractivity contribution in [3.63, 3.8) is 0 Å². The van der Waals surface area contributed by atoms with Gasteiger partial charge in [0.15, 0.2) is 5.78 Å². The van der Waals surface area contributed by atoms with Crippen molar-refractivity contribution in [1.82, 2.24) is 4.98 Å². The molecule has 0 atom stereocenters. The minimum Gasteiger partial charge on any atom is -0.294 e. The van der Waals surface area contributed by atoms with Crippen LogP contribution in [-0.2, 0) is 12.8 Å². The van der Waals surface area contributed by atoms with Crippen molar-refractivity contribution in [2.45, 2.75) is 32.6 Å². The Labute approximate surface area is 114 Å². The lowest BCUT2D eigenvalue weighted by molar-refractivity contribution is 0.0980. The number of aromatic nitrogens is 1. The average Bonchev–Trinajstić information content (AvgIpc) is 2.49. The standard InChI is InChI=1S/C17H19NO/c1-2-14-11-12-16(18-13-14)9-6-10-17(19)15-7-4-3-5-8-15/h3-5,7-8,11-13H,2,6,9-10H2,1H3. The molecule has 2 nitrogen and oxygen atoms in total. The smallest absolute Gasteiger partial charge is 0.162 e. The van der Waals surface area contributed by atoms with E-state index in [-0.39, 0.29) is 5.78 Å². The van der Waals surface area contributed by atoms with E-state index in [2.05, 4.69) is 24.0 Å². The van der Waals surface area contributed by atoms with E-state index in [1.807, 2.05) is 36.5 Å². The van der Waals surface area contributed by atoms with Gasteiger partial charge in [-0.3, -0.25) is 9.78 Å². The summed E-state index contributed by atoms with van der Waals surface area (Å²) in [6.45, 7) is 2.12. The van der Waals surface area contributed by atoms with Gasteiger partial charge in [-0.05, 0) is 30.9 Å². The Bertz CT molecular complexity index is 517. The molecular weight excluding hydrogens is 234 g/mol. The molecule has 1 aromatic carbocycles. The van der Waals surface area contributed by atoms with Crippen molar-refractivity contribution in [1.29, 1.82) is 0 Å². The maximum atomic E-state index is 11.9. The van der Waals surface area contributed by atoms with Gasteiger partial charge in [-0.2, -0.15) is 0 Å². The molecule has 1 aromatic heterocycles. The van der Waals surface area contributed by atoms with Crippen LogP contribution in [0, 0.1) is 0 Å². The largest absolute Gasteiger partial charge is 0.294 e. The number of Topliss-reactive ketones (excluding diaryl/α,β-unsaturated/α-hetero) is 1. The zero-order valence-corrected chi connectivity index (χ0v) is 11.3. The second-order valence-electron chi connectivity index (χ2n) is 4.65. The summed E-state index contributed by atoms with van der Waals surface area (Å²) < 4.78 is 0. The molecule has 19 heavy (non-hydrogen) atoms. The van der Waals surface area contributed by atoms with E-state index in [1.54, 1.807) is 0 Å². The first kappa shape index (κ1) is 13.5. The van der Waals surface area contributed by atoms with Gasteiger partial charge in [0.05, 0.1) is 0 Å². The van der Waals surface area contributed by atoms with Crippen molar-refractivity contribution in [2.75, 3.05) is 0 Å². The molecule has 0 fully saturated rings. The molecule has 0 N–H and O–H groups in total. The van der Waals surface area contributed by atoms with Crippen LogP contribution in [0.15, 0.2) is 48.7 Å². The van der Waals surface area contributed by atoms with Gasteiger partial charge in [-0.1, -0.05) is 43.3 Å². The maximum absolute atomic E-state index is 11.9. The minimum absolute atomic E-state index is 0.214. The third-order valence-electron chi connectivity index (χ3n) is 3.23. The summed E-state index contributed by atoms with van der Waals surface area (Å²) in [6.07, 6.45) is 5.24. The Morgan fingerprint density at radius 3 is 2.53 bits per heavy atom. The van der Waals surface area contributed by atoms with Gasteiger partial charge >= 0.3 is 0 Å². The van der Waals surface area contributed by atoms with Crippen LogP contribution in [0.1, 0.15) is 41.4 Å². The number of nitrogens with zero attached hydrogens (tertiary/aromatic N) is 1. The van der Waals surface area contributed by atoms with Crippen LogP contribution in [0.2, 0.25) is 0 Å². The lowest BCUT2D eigenvalue weighted by atomic mass is 10.0. The number of ketones is 1. The summed E-state index contributed by atoms with van der Waals surface area (Å²) in [5, 5.41) is 0. The highest BCUT2D eigenvalue weighted by Gasteiger charge is 2.05. The Balaban J connectivity index is 1.81. The van der Waals surface area contributed by atoms with Gasteiger partial charge in [-0.25, -0.2) is 0 Å². The van der Waals surface area contributed by atoms with Crippen LogP contribution in [0.3, 0.4) is 0 Å². The minimum atomic E-state index is 0.214. The number of carbonyl (C=O) groups excluding carboxylic acids is 1. The molecule has 2 aromatic rings. The van der Waals surface area contributed by atoms with Crippen molar-refractivity contribution in [3.05, 3.63) is 65.5 Å². The highest BCUT2D eigenvalue weighted by Crippen LogP contribution is 2.09. The van der Waals surface area contributed by atoms with Crippen molar-refractivity contribution < 1.29 is 4.79 Å². The third-order valence-corrected chi connectivity index (χ3v) is 3.23. The molecule has 1 heterocycles.